The molecule has 1 atom stereocenters. The molecule has 3 N–H and O–H groups in total. The summed E-state index contributed by atoms with van der Waals surface area (Å²) in [7, 11) is 0. The zero-order valence-electron chi connectivity index (χ0n) is 10.2. The van der Waals surface area contributed by atoms with Crippen molar-refractivity contribution in [2.75, 3.05) is 0 Å². The molecule has 0 aliphatic carbocycles. The lowest BCUT2D eigenvalue weighted by atomic mass is 9.98. The fourth-order valence-corrected chi connectivity index (χ4v) is 2.19. The van der Waals surface area contributed by atoms with E-state index >= 15 is 0 Å². The summed E-state index contributed by atoms with van der Waals surface area (Å²) in [5.41, 5.74) is 4.68. The van der Waals surface area contributed by atoms with E-state index in [1.807, 2.05) is 36.5 Å². The topological polar surface area (TPSA) is 76.7 Å². The van der Waals surface area contributed by atoms with Crippen LogP contribution in [-0.4, -0.2) is 15.0 Å². The van der Waals surface area contributed by atoms with Crippen LogP contribution in [0.1, 0.15) is 17.3 Å². The Morgan fingerprint density at radius 3 is 2.74 bits per heavy atom. The molecule has 0 fully saturated rings. The van der Waals surface area contributed by atoms with Gasteiger partial charge in [-0.2, -0.15) is 0 Å². The quantitative estimate of drug-likeness (QED) is 0.546. The van der Waals surface area contributed by atoms with Gasteiger partial charge < -0.3 is 0 Å². The van der Waals surface area contributed by atoms with Crippen molar-refractivity contribution in [1.82, 2.24) is 20.4 Å². The van der Waals surface area contributed by atoms with E-state index in [0.717, 1.165) is 22.0 Å². The highest BCUT2D eigenvalue weighted by molar-refractivity contribution is 5.85. The number of nitrogens with zero attached hydrogens (tertiary/aromatic N) is 3. The molecular weight excluding hydrogens is 238 g/mol. The first-order valence-corrected chi connectivity index (χ1v) is 5.95. The van der Waals surface area contributed by atoms with E-state index in [1.54, 1.807) is 12.4 Å². The van der Waals surface area contributed by atoms with Crippen LogP contribution in [0.15, 0.2) is 55.2 Å². The van der Waals surface area contributed by atoms with Crippen LogP contribution in [0.5, 0.6) is 0 Å². The third-order valence-electron chi connectivity index (χ3n) is 3.10. The van der Waals surface area contributed by atoms with Crippen LogP contribution in [0.2, 0.25) is 0 Å². The minimum atomic E-state index is -0.184. The summed E-state index contributed by atoms with van der Waals surface area (Å²) < 4.78 is 0. The van der Waals surface area contributed by atoms with Gasteiger partial charge >= 0.3 is 0 Å². The van der Waals surface area contributed by atoms with Crippen LogP contribution < -0.4 is 11.3 Å². The van der Waals surface area contributed by atoms with Crippen LogP contribution in [0, 0.1) is 0 Å². The Morgan fingerprint density at radius 2 is 1.95 bits per heavy atom. The van der Waals surface area contributed by atoms with Gasteiger partial charge in [-0.05, 0) is 23.1 Å². The number of nitrogens with one attached hydrogen (secondary N) is 1. The smallest absolute Gasteiger partial charge is 0.115 e. The molecule has 1 aromatic carbocycles. The van der Waals surface area contributed by atoms with Gasteiger partial charge in [0.05, 0.1) is 11.7 Å². The lowest BCUT2D eigenvalue weighted by Crippen LogP contribution is -2.29. The van der Waals surface area contributed by atoms with Gasteiger partial charge in [0.2, 0.25) is 0 Å². The van der Waals surface area contributed by atoms with Crippen LogP contribution >= 0.6 is 0 Å². The number of pyridine rings is 1. The Labute approximate surface area is 110 Å². The first-order valence-electron chi connectivity index (χ1n) is 5.95. The van der Waals surface area contributed by atoms with Crippen LogP contribution in [0.3, 0.4) is 0 Å². The standard InChI is InChI=1S/C14H13N5/c15-19-14(13-5-7-17-9-18-13)11-3-1-2-10-4-6-16-8-12(10)11/h1-9,14,19H,15H2. The number of aromatic nitrogens is 3. The normalized spacial score (nSPS) is 12.5. The van der Waals surface area contributed by atoms with Gasteiger partial charge in [-0.15, -0.1) is 0 Å². The maximum atomic E-state index is 5.70. The lowest BCUT2D eigenvalue weighted by molar-refractivity contribution is 0.622. The van der Waals surface area contributed by atoms with E-state index in [9.17, 15) is 0 Å². The molecule has 0 amide bonds. The van der Waals surface area contributed by atoms with Crippen molar-refractivity contribution in [3.63, 3.8) is 0 Å². The van der Waals surface area contributed by atoms with Gasteiger partial charge in [-0.3, -0.25) is 10.8 Å². The highest BCUT2D eigenvalue weighted by Crippen LogP contribution is 2.26. The summed E-state index contributed by atoms with van der Waals surface area (Å²) in [6.45, 7) is 0. The predicted molar refractivity (Wildman–Crippen MR) is 72.9 cm³/mol. The van der Waals surface area contributed by atoms with Gasteiger partial charge in [0.1, 0.15) is 6.33 Å². The lowest BCUT2D eigenvalue weighted by Gasteiger charge is -2.17. The molecule has 19 heavy (non-hydrogen) atoms. The fourth-order valence-electron chi connectivity index (χ4n) is 2.19. The van der Waals surface area contributed by atoms with E-state index in [2.05, 4.69) is 20.4 Å². The van der Waals surface area contributed by atoms with Gasteiger partial charge in [0.25, 0.3) is 0 Å². The predicted octanol–water partition coefficient (Wildman–Crippen LogP) is 1.58. The second-order valence-electron chi connectivity index (χ2n) is 4.18. The molecule has 0 saturated carbocycles. The molecule has 0 radical (unpaired) electrons. The SMILES string of the molecule is NNC(c1ccncn1)c1cccc2ccncc12. The summed E-state index contributed by atoms with van der Waals surface area (Å²) in [5.74, 6) is 5.70. The molecule has 2 heterocycles. The average molecular weight is 251 g/mol. The van der Waals surface area contributed by atoms with E-state index in [1.165, 1.54) is 6.33 Å². The molecule has 2 aromatic heterocycles. The van der Waals surface area contributed by atoms with Crippen molar-refractivity contribution >= 4 is 10.8 Å². The zero-order chi connectivity index (χ0) is 13.1. The highest BCUT2D eigenvalue weighted by Gasteiger charge is 2.16. The number of nitrogens with two attached hydrogens (primary N) is 1. The van der Waals surface area contributed by atoms with E-state index in [-0.39, 0.29) is 6.04 Å². The van der Waals surface area contributed by atoms with Crippen molar-refractivity contribution in [1.29, 1.82) is 0 Å². The van der Waals surface area contributed by atoms with Crippen molar-refractivity contribution in [3.05, 3.63) is 66.5 Å². The molecular formula is C14H13N5. The summed E-state index contributed by atoms with van der Waals surface area (Å²) in [5, 5.41) is 2.19. The maximum absolute atomic E-state index is 5.70. The minimum Gasteiger partial charge on any atom is -0.271 e. The van der Waals surface area contributed by atoms with Crippen LogP contribution in [-0.2, 0) is 0 Å². The number of hydrazine groups is 1. The Balaban J connectivity index is 2.17. The van der Waals surface area contributed by atoms with Crippen LogP contribution in [0.25, 0.3) is 10.8 Å². The van der Waals surface area contributed by atoms with Crippen molar-refractivity contribution in [3.8, 4) is 0 Å². The maximum Gasteiger partial charge on any atom is 0.115 e. The third kappa shape index (κ3) is 2.16. The zero-order valence-corrected chi connectivity index (χ0v) is 10.2. The summed E-state index contributed by atoms with van der Waals surface area (Å²) in [6, 6.07) is 9.72. The number of hydrogen-bond donors (Lipinski definition) is 2. The Hall–Kier alpha value is -2.37. The molecule has 5 nitrogen and oxygen atoms in total. The summed E-state index contributed by atoms with van der Waals surface area (Å²) in [4.78, 5) is 12.4. The van der Waals surface area contributed by atoms with Gasteiger partial charge in [0.15, 0.2) is 0 Å². The molecule has 3 rings (SSSR count). The molecule has 0 aliphatic heterocycles. The van der Waals surface area contributed by atoms with Gasteiger partial charge in [-0.25, -0.2) is 15.4 Å². The molecule has 1 unspecified atom stereocenters. The summed E-state index contributed by atoms with van der Waals surface area (Å²) in [6.07, 6.45) is 6.84. The van der Waals surface area contributed by atoms with E-state index in [4.69, 9.17) is 5.84 Å². The fraction of sp³-hybridized carbons (Fsp3) is 0.0714. The Kier molecular flexibility index (Phi) is 3.14. The molecule has 5 heteroatoms. The second-order valence-corrected chi connectivity index (χ2v) is 4.18. The van der Waals surface area contributed by atoms with Gasteiger partial charge in [-0.1, -0.05) is 18.2 Å². The van der Waals surface area contributed by atoms with Crippen molar-refractivity contribution in [2.24, 2.45) is 5.84 Å². The van der Waals surface area contributed by atoms with Crippen molar-refractivity contribution < 1.29 is 0 Å². The Bertz CT molecular complexity index is 678. The molecule has 3 aromatic rings. The second kappa shape index (κ2) is 5.09. The molecule has 0 saturated heterocycles. The minimum absolute atomic E-state index is 0.184. The first-order chi connectivity index (χ1) is 9.40. The number of benzene rings is 1. The highest BCUT2D eigenvalue weighted by atomic mass is 15.2. The van der Waals surface area contributed by atoms with Crippen LogP contribution in [0.4, 0.5) is 0 Å². The monoisotopic (exact) mass is 251 g/mol. The number of fused-ring (bicyclic) bond motifs is 1. The molecule has 0 bridgehead atoms. The average Bonchev–Trinajstić information content (AvgIpc) is 2.49. The third-order valence-corrected chi connectivity index (χ3v) is 3.10. The first kappa shape index (κ1) is 11.7. The Morgan fingerprint density at radius 1 is 1.05 bits per heavy atom. The largest absolute Gasteiger partial charge is 0.271 e. The molecule has 0 aliphatic rings. The summed E-state index contributed by atoms with van der Waals surface area (Å²) >= 11 is 0. The van der Waals surface area contributed by atoms with E-state index < -0.39 is 0 Å². The van der Waals surface area contributed by atoms with Gasteiger partial charge in [0, 0.05) is 24.0 Å². The molecule has 94 valence electrons. The van der Waals surface area contributed by atoms with E-state index in [0.29, 0.717) is 0 Å². The number of rotatable bonds is 3. The number of hydrogen-bond acceptors (Lipinski definition) is 5. The van der Waals surface area contributed by atoms with Crippen molar-refractivity contribution in [2.45, 2.75) is 6.04 Å². The molecule has 0 spiro atoms.